The standard InChI is InChI=1S/C15H10F3N5O/c1-7-2-4-11-12(19-7)23(14(20-11)15(16,17)18)8-3-5-10-9(6-8)13(24)22-21-10/h2-6H,1H3,(H2,21,22,24). The van der Waals surface area contributed by atoms with E-state index in [-0.39, 0.29) is 22.2 Å². The first-order valence-electron chi connectivity index (χ1n) is 6.99. The summed E-state index contributed by atoms with van der Waals surface area (Å²) in [5.74, 6) is -1.08. The van der Waals surface area contributed by atoms with Gasteiger partial charge in [0, 0.05) is 5.69 Å². The number of benzene rings is 1. The Bertz CT molecular complexity index is 1140. The van der Waals surface area contributed by atoms with Crippen molar-refractivity contribution in [2.24, 2.45) is 0 Å². The molecule has 0 saturated carbocycles. The van der Waals surface area contributed by atoms with E-state index in [2.05, 4.69) is 20.2 Å². The van der Waals surface area contributed by atoms with Gasteiger partial charge in [0.05, 0.1) is 16.6 Å². The quantitative estimate of drug-likeness (QED) is 0.562. The number of pyridine rings is 1. The Morgan fingerprint density at radius 3 is 2.62 bits per heavy atom. The summed E-state index contributed by atoms with van der Waals surface area (Å²) in [6.45, 7) is 1.68. The van der Waals surface area contributed by atoms with Crippen molar-refractivity contribution in [1.29, 1.82) is 0 Å². The maximum atomic E-state index is 13.4. The molecule has 122 valence electrons. The fourth-order valence-corrected chi connectivity index (χ4v) is 2.65. The molecule has 0 saturated heterocycles. The second-order valence-corrected chi connectivity index (χ2v) is 5.37. The number of rotatable bonds is 1. The number of nitrogens with one attached hydrogen (secondary N) is 2. The van der Waals surface area contributed by atoms with Crippen LogP contribution in [0.4, 0.5) is 13.2 Å². The third kappa shape index (κ3) is 2.08. The van der Waals surface area contributed by atoms with Gasteiger partial charge in [-0.1, -0.05) is 0 Å². The Kier molecular flexibility index (Phi) is 2.84. The van der Waals surface area contributed by atoms with E-state index >= 15 is 0 Å². The number of H-pyrrole nitrogens is 2. The SMILES string of the molecule is Cc1ccc2nc(C(F)(F)F)n(-c3ccc4[nH][nH]c(=O)c4c3)c2n1. The molecular weight excluding hydrogens is 323 g/mol. The van der Waals surface area contributed by atoms with E-state index in [1.807, 2.05) is 0 Å². The molecule has 0 bridgehead atoms. The highest BCUT2D eigenvalue weighted by Crippen LogP contribution is 2.33. The van der Waals surface area contributed by atoms with Crippen LogP contribution >= 0.6 is 0 Å². The normalized spacial score (nSPS) is 12.3. The predicted octanol–water partition coefficient (Wildman–Crippen LogP) is 2.92. The molecule has 0 atom stereocenters. The number of aromatic amines is 2. The molecule has 1 aromatic carbocycles. The average Bonchev–Trinajstić information content (AvgIpc) is 3.07. The Morgan fingerprint density at radius 1 is 1.08 bits per heavy atom. The molecule has 0 aliphatic heterocycles. The molecule has 0 radical (unpaired) electrons. The molecule has 0 unspecified atom stereocenters. The number of imidazole rings is 1. The van der Waals surface area contributed by atoms with Gasteiger partial charge in [-0.2, -0.15) is 13.2 Å². The van der Waals surface area contributed by atoms with Crippen LogP contribution in [-0.2, 0) is 6.18 Å². The molecule has 4 aromatic rings. The highest BCUT2D eigenvalue weighted by Gasteiger charge is 2.38. The lowest BCUT2D eigenvalue weighted by atomic mass is 10.2. The minimum atomic E-state index is -4.66. The fourth-order valence-electron chi connectivity index (χ4n) is 2.65. The first kappa shape index (κ1) is 14.5. The molecule has 0 aliphatic rings. The number of fused-ring (bicyclic) bond motifs is 2. The van der Waals surface area contributed by atoms with Gasteiger partial charge in [-0.15, -0.1) is 0 Å². The van der Waals surface area contributed by atoms with E-state index in [1.165, 1.54) is 24.3 Å². The molecule has 24 heavy (non-hydrogen) atoms. The topological polar surface area (TPSA) is 79.4 Å². The number of halogens is 3. The first-order valence-corrected chi connectivity index (χ1v) is 6.99. The lowest BCUT2D eigenvalue weighted by molar-refractivity contribution is -0.145. The minimum Gasteiger partial charge on any atom is -0.298 e. The summed E-state index contributed by atoms with van der Waals surface area (Å²) in [4.78, 5) is 19.6. The van der Waals surface area contributed by atoms with Crippen LogP contribution in [0.25, 0.3) is 27.8 Å². The van der Waals surface area contributed by atoms with Crippen LogP contribution in [0.5, 0.6) is 0 Å². The Hall–Kier alpha value is -3.10. The summed E-state index contributed by atoms with van der Waals surface area (Å²) >= 11 is 0. The van der Waals surface area contributed by atoms with E-state index in [4.69, 9.17) is 0 Å². The highest BCUT2D eigenvalue weighted by atomic mass is 19.4. The lowest BCUT2D eigenvalue weighted by Gasteiger charge is -2.11. The van der Waals surface area contributed by atoms with Crippen molar-refractivity contribution in [2.45, 2.75) is 13.1 Å². The van der Waals surface area contributed by atoms with E-state index in [1.54, 1.807) is 13.0 Å². The van der Waals surface area contributed by atoms with Gasteiger partial charge in [-0.05, 0) is 37.3 Å². The summed E-state index contributed by atoms with van der Waals surface area (Å²) in [6, 6.07) is 7.48. The van der Waals surface area contributed by atoms with Gasteiger partial charge in [0.1, 0.15) is 5.52 Å². The van der Waals surface area contributed by atoms with Crippen molar-refractivity contribution in [3.8, 4) is 5.69 Å². The molecule has 4 rings (SSSR count). The van der Waals surface area contributed by atoms with Crippen molar-refractivity contribution in [2.75, 3.05) is 0 Å². The second kappa shape index (κ2) is 4.70. The van der Waals surface area contributed by atoms with E-state index in [0.29, 0.717) is 11.2 Å². The third-order valence-electron chi connectivity index (χ3n) is 3.71. The van der Waals surface area contributed by atoms with Gasteiger partial charge in [-0.25, -0.2) is 9.97 Å². The number of hydrogen-bond acceptors (Lipinski definition) is 3. The summed E-state index contributed by atoms with van der Waals surface area (Å²) in [7, 11) is 0. The molecule has 0 aliphatic carbocycles. The van der Waals surface area contributed by atoms with Crippen LogP contribution in [0.1, 0.15) is 11.5 Å². The van der Waals surface area contributed by atoms with Crippen molar-refractivity contribution >= 4 is 22.1 Å². The molecule has 0 fully saturated rings. The minimum absolute atomic E-state index is 0.0913. The summed E-state index contributed by atoms with van der Waals surface area (Å²) < 4.78 is 41.2. The fraction of sp³-hybridized carbons (Fsp3) is 0.133. The largest absolute Gasteiger partial charge is 0.450 e. The smallest absolute Gasteiger partial charge is 0.298 e. The molecule has 3 aromatic heterocycles. The zero-order valence-corrected chi connectivity index (χ0v) is 12.3. The molecule has 9 heteroatoms. The van der Waals surface area contributed by atoms with Gasteiger partial charge in [0.25, 0.3) is 5.56 Å². The number of alkyl halides is 3. The highest BCUT2D eigenvalue weighted by molar-refractivity contribution is 5.82. The summed E-state index contributed by atoms with van der Waals surface area (Å²) in [5, 5.41) is 5.31. The van der Waals surface area contributed by atoms with Crippen molar-refractivity contribution in [3.05, 3.63) is 52.2 Å². The Balaban J connectivity index is 2.11. The Labute approximate surface area is 131 Å². The van der Waals surface area contributed by atoms with Gasteiger partial charge in [0.15, 0.2) is 5.65 Å². The number of aryl methyl sites for hydroxylation is 1. The van der Waals surface area contributed by atoms with Gasteiger partial charge in [0.2, 0.25) is 5.82 Å². The molecule has 3 heterocycles. The number of aromatic nitrogens is 5. The first-order chi connectivity index (χ1) is 11.3. The lowest BCUT2D eigenvalue weighted by Crippen LogP contribution is -2.14. The van der Waals surface area contributed by atoms with E-state index in [0.717, 1.165) is 4.57 Å². The molecule has 2 N–H and O–H groups in total. The van der Waals surface area contributed by atoms with E-state index in [9.17, 15) is 18.0 Å². The summed E-state index contributed by atoms with van der Waals surface area (Å²) in [6.07, 6.45) is -4.66. The van der Waals surface area contributed by atoms with Gasteiger partial charge >= 0.3 is 6.18 Å². The van der Waals surface area contributed by atoms with Crippen LogP contribution in [0.15, 0.2) is 35.1 Å². The average molecular weight is 333 g/mol. The zero-order chi connectivity index (χ0) is 17.1. The van der Waals surface area contributed by atoms with Crippen LogP contribution in [0.3, 0.4) is 0 Å². The van der Waals surface area contributed by atoms with Crippen LogP contribution < -0.4 is 5.56 Å². The number of nitrogens with zero attached hydrogens (tertiary/aromatic N) is 3. The van der Waals surface area contributed by atoms with Gasteiger partial charge < -0.3 is 0 Å². The van der Waals surface area contributed by atoms with Gasteiger partial charge in [-0.3, -0.25) is 19.6 Å². The summed E-state index contributed by atoms with van der Waals surface area (Å²) in [5.41, 5.74) is 1.06. The van der Waals surface area contributed by atoms with Crippen LogP contribution in [0.2, 0.25) is 0 Å². The Morgan fingerprint density at radius 2 is 1.88 bits per heavy atom. The maximum Gasteiger partial charge on any atom is 0.450 e. The van der Waals surface area contributed by atoms with E-state index < -0.39 is 17.6 Å². The predicted molar refractivity (Wildman–Crippen MR) is 81.1 cm³/mol. The maximum absolute atomic E-state index is 13.4. The van der Waals surface area contributed by atoms with Crippen LogP contribution in [-0.4, -0.2) is 24.7 Å². The zero-order valence-electron chi connectivity index (χ0n) is 12.3. The molecular formula is C15H10F3N5O. The third-order valence-corrected chi connectivity index (χ3v) is 3.71. The van der Waals surface area contributed by atoms with Crippen LogP contribution in [0, 0.1) is 6.92 Å². The molecule has 0 amide bonds. The molecule has 0 spiro atoms. The van der Waals surface area contributed by atoms with Crippen molar-refractivity contribution < 1.29 is 13.2 Å². The van der Waals surface area contributed by atoms with Crippen molar-refractivity contribution in [3.63, 3.8) is 0 Å². The molecule has 6 nitrogen and oxygen atoms in total. The second-order valence-electron chi connectivity index (χ2n) is 5.37. The monoisotopic (exact) mass is 333 g/mol. The number of hydrogen-bond donors (Lipinski definition) is 2. The van der Waals surface area contributed by atoms with Crippen molar-refractivity contribution in [1.82, 2.24) is 24.7 Å².